The molecule has 0 bridgehead atoms. The lowest BCUT2D eigenvalue weighted by Gasteiger charge is -2.43. The van der Waals surface area contributed by atoms with Gasteiger partial charge in [0.2, 0.25) is 0 Å². The molecule has 0 amide bonds. The highest BCUT2D eigenvalue weighted by molar-refractivity contribution is 6.99. The van der Waals surface area contributed by atoms with E-state index < -0.39 is 55.5 Å². The number of aromatic nitrogens is 2. The number of aryl methyl sites for hydroxylation is 1. The summed E-state index contributed by atoms with van der Waals surface area (Å²) in [5.41, 5.74) is -1.66. The van der Waals surface area contributed by atoms with Crippen LogP contribution in [0, 0.1) is 12.3 Å². The second-order valence-corrected chi connectivity index (χ2v) is 18.3. The Labute approximate surface area is 272 Å². The third kappa shape index (κ3) is 7.44. The van der Waals surface area contributed by atoms with Gasteiger partial charge in [-0.15, -0.1) is 0 Å². The van der Waals surface area contributed by atoms with Gasteiger partial charge in [0.25, 0.3) is 13.9 Å². The van der Waals surface area contributed by atoms with Crippen LogP contribution in [-0.4, -0.2) is 68.6 Å². The van der Waals surface area contributed by atoms with E-state index in [0.717, 1.165) is 10.4 Å². The first-order valence-electron chi connectivity index (χ1n) is 15.7. The lowest BCUT2D eigenvalue weighted by Crippen LogP contribution is -2.67. The molecule has 1 aliphatic rings. The molecule has 1 N–H and O–H groups in total. The minimum atomic E-state index is -3.01. The fourth-order valence-electron chi connectivity index (χ4n) is 5.74. The van der Waals surface area contributed by atoms with Crippen molar-refractivity contribution < 1.29 is 28.2 Å². The van der Waals surface area contributed by atoms with Crippen molar-refractivity contribution in [1.82, 2.24) is 9.55 Å². The fraction of sp³-hybridized carbons (Fsp3) is 0.514. The molecule has 1 aromatic heterocycles. The molecular weight excluding hydrogens is 604 g/mol. The number of ether oxygens (including phenoxy) is 4. The maximum atomic E-state index is 13.4. The number of rotatable bonds is 11. The number of carbonyl (C=O) groups is 1. The molecule has 5 atom stereocenters. The van der Waals surface area contributed by atoms with Gasteiger partial charge in [0.15, 0.2) is 12.3 Å². The Morgan fingerprint density at radius 3 is 2.02 bits per heavy atom. The summed E-state index contributed by atoms with van der Waals surface area (Å²) in [6.45, 7) is 15.5. The van der Waals surface area contributed by atoms with Crippen molar-refractivity contribution in [1.29, 1.82) is 0 Å². The number of hydrogen-bond acceptors (Lipinski definition) is 8. The molecule has 46 heavy (non-hydrogen) atoms. The minimum Gasteiger partial charge on any atom is -0.456 e. The van der Waals surface area contributed by atoms with E-state index in [4.69, 9.17) is 23.4 Å². The van der Waals surface area contributed by atoms with Crippen molar-refractivity contribution in [3.63, 3.8) is 0 Å². The fourth-order valence-corrected chi connectivity index (χ4v) is 10.3. The Morgan fingerprint density at radius 1 is 0.957 bits per heavy atom. The molecule has 1 aliphatic heterocycles. The monoisotopic (exact) mass is 652 g/mol. The highest BCUT2D eigenvalue weighted by atomic mass is 28.4. The Morgan fingerprint density at radius 2 is 1.52 bits per heavy atom. The first kappa shape index (κ1) is 35.5. The summed E-state index contributed by atoms with van der Waals surface area (Å²) in [6, 6.07) is 20.4. The van der Waals surface area contributed by atoms with Crippen LogP contribution in [0.15, 0.2) is 76.4 Å². The first-order valence-corrected chi connectivity index (χ1v) is 17.6. The smallest absolute Gasteiger partial charge is 0.330 e. The zero-order valence-corrected chi connectivity index (χ0v) is 29.4. The van der Waals surface area contributed by atoms with Gasteiger partial charge in [0.1, 0.15) is 12.2 Å². The number of hydrogen-bond donors (Lipinski definition) is 1. The van der Waals surface area contributed by atoms with Crippen molar-refractivity contribution in [2.45, 2.75) is 91.1 Å². The Balaban J connectivity index is 1.83. The molecule has 0 spiro atoms. The van der Waals surface area contributed by atoms with Gasteiger partial charge in [-0.1, -0.05) is 81.4 Å². The lowest BCUT2D eigenvalue weighted by molar-refractivity contribution is -0.169. The molecule has 3 aromatic rings. The SMILES string of the molecule is CO[C@@H](C)CO[C@H]1C(OC(=O)C(C)(C)C)[C@@H](CO[Si](c2ccccc2)(c2ccccc2)C(C)(C)C)O[C@H]1n1cc(C)c(=O)[nH]c1=O. The van der Waals surface area contributed by atoms with Crippen LogP contribution < -0.4 is 21.6 Å². The van der Waals surface area contributed by atoms with Gasteiger partial charge in [-0.3, -0.25) is 19.1 Å². The van der Waals surface area contributed by atoms with Crippen LogP contribution in [0.4, 0.5) is 0 Å². The minimum absolute atomic E-state index is 0.0443. The molecule has 10 nitrogen and oxygen atoms in total. The van der Waals surface area contributed by atoms with Crippen LogP contribution >= 0.6 is 0 Å². The van der Waals surface area contributed by atoms with Gasteiger partial charge < -0.3 is 23.4 Å². The molecule has 2 aromatic carbocycles. The van der Waals surface area contributed by atoms with Crippen molar-refractivity contribution >= 4 is 24.7 Å². The van der Waals surface area contributed by atoms with Crippen molar-refractivity contribution in [3.8, 4) is 0 Å². The first-order chi connectivity index (χ1) is 21.6. The van der Waals surface area contributed by atoms with Gasteiger partial charge in [-0.05, 0) is 50.0 Å². The predicted octanol–water partition coefficient (Wildman–Crippen LogP) is 3.70. The normalized spacial score (nSPS) is 21.2. The summed E-state index contributed by atoms with van der Waals surface area (Å²) in [5, 5.41) is 1.85. The topological polar surface area (TPSA) is 118 Å². The second-order valence-electron chi connectivity index (χ2n) is 14.0. The highest BCUT2D eigenvalue weighted by Crippen LogP contribution is 2.39. The van der Waals surface area contributed by atoms with Crippen LogP contribution in [0.3, 0.4) is 0 Å². The number of carbonyl (C=O) groups excluding carboxylic acids is 1. The highest BCUT2D eigenvalue weighted by Gasteiger charge is 2.54. The van der Waals surface area contributed by atoms with Gasteiger partial charge in [-0.25, -0.2) is 4.79 Å². The molecule has 1 fully saturated rings. The number of aromatic amines is 1. The zero-order chi connectivity index (χ0) is 33.9. The van der Waals surface area contributed by atoms with E-state index in [9.17, 15) is 14.4 Å². The summed E-state index contributed by atoms with van der Waals surface area (Å²) in [6.07, 6.45) is -2.56. The second kappa shape index (κ2) is 14.2. The molecule has 2 heterocycles. The van der Waals surface area contributed by atoms with E-state index in [1.54, 1.807) is 34.8 Å². The van der Waals surface area contributed by atoms with E-state index >= 15 is 0 Å². The number of H-pyrrole nitrogens is 1. The predicted molar refractivity (Wildman–Crippen MR) is 179 cm³/mol. The summed E-state index contributed by atoms with van der Waals surface area (Å²) < 4.78 is 33.1. The molecule has 11 heteroatoms. The largest absolute Gasteiger partial charge is 0.456 e. The quantitative estimate of drug-likeness (QED) is 0.246. The molecule has 0 radical (unpaired) electrons. The standard InChI is InChI=1S/C35H48N2O8Si/c1-23-20-37(33(40)36-30(23)38)31-29(42-21-24(2)41-9)28(45-32(39)34(3,4)5)27(44-31)22-43-46(35(6,7)8,25-16-12-10-13-17-25)26-18-14-11-15-19-26/h10-20,24,27-29,31H,21-22H2,1-9H3,(H,36,38,40)/t24-,27+,28?,29-,31+/m0/s1. The number of nitrogens with one attached hydrogen (secondary N) is 1. The average molecular weight is 653 g/mol. The maximum Gasteiger partial charge on any atom is 0.330 e. The van der Waals surface area contributed by atoms with E-state index in [-0.39, 0.29) is 24.4 Å². The molecule has 1 saturated heterocycles. The average Bonchev–Trinajstić information content (AvgIpc) is 3.34. The van der Waals surface area contributed by atoms with Crippen LogP contribution in [0.25, 0.3) is 0 Å². The van der Waals surface area contributed by atoms with Crippen molar-refractivity contribution in [2.24, 2.45) is 5.41 Å². The van der Waals surface area contributed by atoms with Crippen molar-refractivity contribution in [2.75, 3.05) is 20.3 Å². The number of methoxy groups -OCH3 is 1. The van der Waals surface area contributed by atoms with Crippen LogP contribution in [0.2, 0.25) is 5.04 Å². The zero-order valence-electron chi connectivity index (χ0n) is 28.4. The van der Waals surface area contributed by atoms with Gasteiger partial charge in [0, 0.05) is 18.9 Å². The maximum absolute atomic E-state index is 13.4. The van der Waals surface area contributed by atoms with Crippen LogP contribution in [0.5, 0.6) is 0 Å². The number of nitrogens with zero attached hydrogens (tertiary/aromatic N) is 1. The number of esters is 1. The Kier molecular flexibility index (Phi) is 10.9. The molecule has 0 aliphatic carbocycles. The van der Waals surface area contributed by atoms with E-state index in [1.165, 1.54) is 10.8 Å². The summed E-state index contributed by atoms with van der Waals surface area (Å²) in [5.74, 6) is -0.449. The Bertz CT molecular complexity index is 1540. The van der Waals surface area contributed by atoms with Gasteiger partial charge in [0.05, 0.1) is 24.7 Å². The third-order valence-electron chi connectivity index (χ3n) is 8.37. The van der Waals surface area contributed by atoms with Gasteiger partial charge >= 0.3 is 11.7 Å². The van der Waals surface area contributed by atoms with Gasteiger partial charge in [-0.2, -0.15) is 0 Å². The summed E-state index contributed by atoms with van der Waals surface area (Å²) >= 11 is 0. The molecule has 250 valence electrons. The summed E-state index contributed by atoms with van der Waals surface area (Å²) in [7, 11) is -1.44. The Hall–Kier alpha value is -3.35. The molecular formula is C35H48N2O8Si. The number of benzene rings is 2. The third-order valence-corrected chi connectivity index (χ3v) is 13.4. The van der Waals surface area contributed by atoms with Crippen LogP contribution in [0.1, 0.15) is 60.3 Å². The van der Waals surface area contributed by atoms with Crippen LogP contribution in [-0.2, 0) is 28.2 Å². The van der Waals surface area contributed by atoms with E-state index in [0.29, 0.717) is 5.56 Å². The molecule has 0 saturated carbocycles. The lowest BCUT2D eigenvalue weighted by atomic mass is 9.97. The van der Waals surface area contributed by atoms with E-state index in [2.05, 4.69) is 50.0 Å². The summed E-state index contributed by atoms with van der Waals surface area (Å²) in [4.78, 5) is 41.2. The molecule has 4 rings (SSSR count). The van der Waals surface area contributed by atoms with Crippen molar-refractivity contribution in [3.05, 3.63) is 93.3 Å². The molecule has 1 unspecified atom stereocenters. The van der Waals surface area contributed by atoms with E-state index in [1.807, 2.05) is 43.3 Å².